The zero-order chi connectivity index (χ0) is 16.9. The average Bonchev–Trinajstić information content (AvgIpc) is 3.16. The Labute approximate surface area is 138 Å². The van der Waals surface area contributed by atoms with E-state index in [4.69, 9.17) is 13.9 Å². The Morgan fingerprint density at radius 2 is 1.71 bits per heavy atom. The Balaban J connectivity index is 1.77. The summed E-state index contributed by atoms with van der Waals surface area (Å²) in [6, 6.07) is 12.1. The number of carbonyl (C=O) groups excluding carboxylic acids is 1. The number of nitrogens with one attached hydrogen (secondary N) is 1. The second-order valence-corrected chi connectivity index (χ2v) is 4.88. The minimum absolute atomic E-state index is 0.266. The summed E-state index contributed by atoms with van der Waals surface area (Å²) in [5.74, 6) is 1.25. The van der Waals surface area contributed by atoms with Gasteiger partial charge in [-0.05, 0) is 36.4 Å². The number of ether oxygens (including phenoxy) is 2. The first-order valence-electron chi connectivity index (χ1n) is 7.10. The molecule has 0 aliphatic rings. The predicted octanol–water partition coefficient (Wildman–Crippen LogP) is 3.01. The first kappa shape index (κ1) is 15.5. The van der Waals surface area contributed by atoms with Crippen LogP contribution < -0.4 is 14.8 Å². The van der Waals surface area contributed by atoms with Crippen LogP contribution in [0.1, 0.15) is 10.4 Å². The molecule has 0 radical (unpaired) electrons. The van der Waals surface area contributed by atoms with Crippen molar-refractivity contribution in [3.05, 3.63) is 54.4 Å². The highest BCUT2D eigenvalue weighted by Crippen LogP contribution is 2.24. The molecule has 24 heavy (non-hydrogen) atoms. The van der Waals surface area contributed by atoms with E-state index >= 15 is 0 Å². The van der Waals surface area contributed by atoms with E-state index in [1.165, 1.54) is 20.6 Å². The molecule has 0 aliphatic heterocycles. The number of benzene rings is 2. The van der Waals surface area contributed by atoms with Crippen molar-refractivity contribution >= 4 is 11.6 Å². The maximum atomic E-state index is 12.4. The lowest BCUT2D eigenvalue weighted by molar-refractivity contribution is 0.102. The molecule has 0 saturated heterocycles. The molecule has 1 heterocycles. The fourth-order valence-corrected chi connectivity index (χ4v) is 2.14. The summed E-state index contributed by atoms with van der Waals surface area (Å²) in [7, 11) is 3.07. The number of aromatic nitrogens is 2. The zero-order valence-electron chi connectivity index (χ0n) is 13.1. The Hall–Kier alpha value is -3.35. The lowest BCUT2D eigenvalue weighted by Crippen LogP contribution is -2.12. The van der Waals surface area contributed by atoms with Gasteiger partial charge in [0.2, 0.25) is 12.3 Å². The molecule has 7 heteroatoms. The van der Waals surface area contributed by atoms with Crippen molar-refractivity contribution in [2.45, 2.75) is 0 Å². The molecular weight excluding hydrogens is 310 g/mol. The highest BCUT2D eigenvalue weighted by molar-refractivity contribution is 6.04. The van der Waals surface area contributed by atoms with Crippen molar-refractivity contribution in [3.63, 3.8) is 0 Å². The molecule has 1 aromatic heterocycles. The highest BCUT2D eigenvalue weighted by Gasteiger charge is 2.11. The van der Waals surface area contributed by atoms with E-state index in [1.807, 2.05) is 0 Å². The van der Waals surface area contributed by atoms with Crippen molar-refractivity contribution in [2.24, 2.45) is 0 Å². The summed E-state index contributed by atoms with van der Waals surface area (Å²) >= 11 is 0. The van der Waals surface area contributed by atoms with Crippen LogP contribution in [0.15, 0.2) is 53.3 Å². The normalized spacial score (nSPS) is 10.2. The lowest BCUT2D eigenvalue weighted by atomic mass is 10.1. The van der Waals surface area contributed by atoms with E-state index in [-0.39, 0.29) is 5.91 Å². The Kier molecular flexibility index (Phi) is 4.42. The lowest BCUT2D eigenvalue weighted by Gasteiger charge is -2.09. The summed E-state index contributed by atoms with van der Waals surface area (Å²) in [5, 5.41) is 10.3. The van der Waals surface area contributed by atoms with Crippen molar-refractivity contribution in [2.75, 3.05) is 19.5 Å². The third kappa shape index (κ3) is 3.35. The molecule has 0 aliphatic carbocycles. The monoisotopic (exact) mass is 325 g/mol. The molecule has 1 N–H and O–H groups in total. The summed E-state index contributed by atoms with van der Waals surface area (Å²) in [6.07, 6.45) is 1.27. The van der Waals surface area contributed by atoms with E-state index in [9.17, 15) is 4.79 Å². The molecule has 3 rings (SSSR count). The first-order valence-corrected chi connectivity index (χ1v) is 7.10. The van der Waals surface area contributed by atoms with Gasteiger partial charge < -0.3 is 19.2 Å². The predicted molar refractivity (Wildman–Crippen MR) is 87.2 cm³/mol. The molecule has 0 spiro atoms. The van der Waals surface area contributed by atoms with Gasteiger partial charge in [0.15, 0.2) is 0 Å². The van der Waals surface area contributed by atoms with Gasteiger partial charge in [-0.1, -0.05) is 0 Å². The summed E-state index contributed by atoms with van der Waals surface area (Å²) in [6.45, 7) is 0. The van der Waals surface area contributed by atoms with E-state index in [0.29, 0.717) is 28.6 Å². The topological polar surface area (TPSA) is 86.5 Å². The van der Waals surface area contributed by atoms with Gasteiger partial charge in [-0.2, -0.15) is 0 Å². The molecule has 2 aromatic carbocycles. The van der Waals surface area contributed by atoms with Crippen LogP contribution in [0.3, 0.4) is 0 Å². The van der Waals surface area contributed by atoms with Crippen LogP contribution in [-0.2, 0) is 0 Å². The highest BCUT2D eigenvalue weighted by atomic mass is 16.5. The number of methoxy groups -OCH3 is 2. The van der Waals surface area contributed by atoms with Crippen molar-refractivity contribution in [1.29, 1.82) is 0 Å². The summed E-state index contributed by atoms with van der Waals surface area (Å²) in [5.41, 5.74) is 1.85. The zero-order valence-corrected chi connectivity index (χ0v) is 13.1. The van der Waals surface area contributed by atoms with Gasteiger partial charge >= 0.3 is 0 Å². The van der Waals surface area contributed by atoms with Crippen molar-refractivity contribution in [1.82, 2.24) is 10.2 Å². The third-order valence-corrected chi connectivity index (χ3v) is 3.36. The molecule has 0 atom stereocenters. The van der Waals surface area contributed by atoms with Gasteiger partial charge in [0.1, 0.15) is 11.5 Å². The molecule has 0 bridgehead atoms. The van der Waals surface area contributed by atoms with Crippen LogP contribution in [0.2, 0.25) is 0 Å². The number of amides is 1. The fourth-order valence-electron chi connectivity index (χ4n) is 2.14. The second kappa shape index (κ2) is 6.82. The van der Waals surface area contributed by atoms with Crippen LogP contribution in [0.25, 0.3) is 11.5 Å². The Morgan fingerprint density at radius 3 is 2.25 bits per heavy atom. The van der Waals surface area contributed by atoms with Gasteiger partial charge in [0.05, 0.1) is 14.2 Å². The standard InChI is InChI=1S/C17H15N3O4/c1-22-14-7-12(8-15(9-14)23-2)16(21)19-13-5-3-11(4-6-13)17-20-18-10-24-17/h3-10H,1-2H3,(H,19,21). The molecule has 1 amide bonds. The summed E-state index contributed by atoms with van der Waals surface area (Å²) < 4.78 is 15.5. The molecule has 3 aromatic rings. The molecule has 0 unspecified atom stereocenters. The average molecular weight is 325 g/mol. The Morgan fingerprint density at radius 1 is 1.04 bits per heavy atom. The van der Waals surface area contributed by atoms with Gasteiger partial charge in [0.25, 0.3) is 5.91 Å². The van der Waals surface area contributed by atoms with Crippen LogP contribution >= 0.6 is 0 Å². The number of anilines is 1. The minimum atomic E-state index is -0.266. The number of rotatable bonds is 5. The quantitative estimate of drug-likeness (QED) is 0.776. The maximum absolute atomic E-state index is 12.4. The van der Waals surface area contributed by atoms with Crippen LogP contribution in [0.5, 0.6) is 11.5 Å². The van der Waals surface area contributed by atoms with Crippen LogP contribution in [0, 0.1) is 0 Å². The number of hydrogen-bond acceptors (Lipinski definition) is 6. The van der Waals surface area contributed by atoms with Gasteiger partial charge in [0, 0.05) is 22.9 Å². The molecule has 0 saturated carbocycles. The van der Waals surface area contributed by atoms with E-state index in [0.717, 1.165) is 5.56 Å². The Bertz CT molecular complexity index is 807. The minimum Gasteiger partial charge on any atom is -0.497 e. The van der Waals surface area contributed by atoms with Gasteiger partial charge in [-0.3, -0.25) is 4.79 Å². The SMILES string of the molecule is COc1cc(OC)cc(C(=O)Nc2ccc(-c3nnco3)cc2)c1. The fraction of sp³-hybridized carbons (Fsp3) is 0.118. The summed E-state index contributed by atoms with van der Waals surface area (Å²) in [4.78, 5) is 12.4. The van der Waals surface area contributed by atoms with Crippen LogP contribution in [0.4, 0.5) is 5.69 Å². The smallest absolute Gasteiger partial charge is 0.255 e. The maximum Gasteiger partial charge on any atom is 0.255 e. The third-order valence-electron chi connectivity index (χ3n) is 3.36. The van der Waals surface area contributed by atoms with Crippen molar-refractivity contribution in [3.8, 4) is 23.0 Å². The van der Waals surface area contributed by atoms with Gasteiger partial charge in [-0.25, -0.2) is 0 Å². The van der Waals surface area contributed by atoms with E-state index in [2.05, 4.69) is 15.5 Å². The number of carbonyl (C=O) groups is 1. The molecule has 7 nitrogen and oxygen atoms in total. The van der Waals surface area contributed by atoms with E-state index < -0.39 is 0 Å². The van der Waals surface area contributed by atoms with Crippen molar-refractivity contribution < 1.29 is 18.7 Å². The number of hydrogen-bond donors (Lipinski definition) is 1. The molecular formula is C17H15N3O4. The molecule has 122 valence electrons. The van der Waals surface area contributed by atoms with Crippen LogP contribution in [-0.4, -0.2) is 30.3 Å². The largest absolute Gasteiger partial charge is 0.497 e. The number of nitrogens with zero attached hydrogens (tertiary/aromatic N) is 2. The van der Waals surface area contributed by atoms with E-state index in [1.54, 1.807) is 42.5 Å². The second-order valence-electron chi connectivity index (χ2n) is 4.88. The first-order chi connectivity index (χ1) is 11.7. The van der Waals surface area contributed by atoms with Gasteiger partial charge in [-0.15, -0.1) is 10.2 Å². The molecule has 0 fully saturated rings.